The van der Waals surface area contributed by atoms with E-state index in [1.807, 2.05) is 0 Å². The number of hydrogen-bond donors (Lipinski definition) is 3. The molecule has 0 spiro atoms. The number of aliphatic carboxylic acids is 1. The van der Waals surface area contributed by atoms with Crippen LogP contribution in [0.2, 0.25) is 0 Å². The van der Waals surface area contributed by atoms with E-state index < -0.39 is 24.0 Å². The van der Waals surface area contributed by atoms with Gasteiger partial charge in [-0.15, -0.1) is 0 Å². The highest BCUT2D eigenvalue weighted by Crippen LogP contribution is 2.26. The zero-order chi connectivity index (χ0) is 20.1. The monoisotopic (exact) mass is 363 g/mol. The van der Waals surface area contributed by atoms with Gasteiger partial charge in [-0.3, -0.25) is 4.79 Å². The van der Waals surface area contributed by atoms with Crippen LogP contribution in [0.1, 0.15) is 65.5 Å². The fraction of sp³-hybridized carbons (Fsp3) is 0.682. The van der Waals surface area contributed by atoms with Crippen molar-refractivity contribution in [3.63, 3.8) is 0 Å². The van der Waals surface area contributed by atoms with Gasteiger partial charge in [0.05, 0.1) is 12.0 Å². The molecule has 0 saturated carbocycles. The number of carboxylic acids is 1. The summed E-state index contributed by atoms with van der Waals surface area (Å²) in [5.74, 6) is -0.693. The summed E-state index contributed by atoms with van der Waals surface area (Å²) in [6, 6.07) is 8.35. The van der Waals surface area contributed by atoms with E-state index in [9.17, 15) is 9.90 Å². The Kier molecular flexibility index (Phi) is 8.29. The summed E-state index contributed by atoms with van der Waals surface area (Å²) in [7, 11) is 0. The summed E-state index contributed by atoms with van der Waals surface area (Å²) in [6.45, 7) is 12.6. The summed E-state index contributed by atoms with van der Waals surface area (Å²) in [6.07, 6.45) is 1.01. The van der Waals surface area contributed by atoms with E-state index in [-0.39, 0.29) is 11.8 Å². The van der Waals surface area contributed by atoms with Crippen LogP contribution in [0.15, 0.2) is 24.3 Å². The van der Waals surface area contributed by atoms with Crippen molar-refractivity contribution in [2.24, 2.45) is 23.5 Å². The quantitative estimate of drug-likeness (QED) is 0.619. The van der Waals surface area contributed by atoms with Crippen LogP contribution in [0.25, 0.3) is 0 Å². The van der Waals surface area contributed by atoms with E-state index in [1.54, 1.807) is 6.92 Å². The van der Waals surface area contributed by atoms with Gasteiger partial charge in [-0.25, -0.2) is 0 Å². The molecule has 4 nitrogen and oxygen atoms in total. The van der Waals surface area contributed by atoms with E-state index in [0.29, 0.717) is 18.3 Å². The Morgan fingerprint density at radius 3 is 2.04 bits per heavy atom. The summed E-state index contributed by atoms with van der Waals surface area (Å²) in [5.41, 5.74) is 8.93. The molecule has 0 aromatic heterocycles. The smallest absolute Gasteiger partial charge is 0.306 e. The van der Waals surface area contributed by atoms with Gasteiger partial charge >= 0.3 is 5.97 Å². The standard InChI is InChI=1S/C22H37NO3/c1-14(2)17(13-19(23)20(24)11-15(3)21(25)26)12-16-7-9-18(10-8-16)22(4,5)6/h7-10,14-15,17,19-20,24H,11-13,23H2,1-6H3,(H,25,26)/t15?,17-,19-,20-/m0/s1. The van der Waals surface area contributed by atoms with Crippen LogP contribution in [0.3, 0.4) is 0 Å². The SMILES string of the molecule is CC(C[C@H](O)[C@@H](N)C[C@H](Cc1ccc(C(C)(C)C)cc1)C(C)C)C(=O)O. The lowest BCUT2D eigenvalue weighted by molar-refractivity contribution is -0.142. The van der Waals surface area contributed by atoms with Crippen LogP contribution < -0.4 is 5.73 Å². The first-order valence-corrected chi connectivity index (χ1v) is 9.67. The molecule has 0 bridgehead atoms. The van der Waals surface area contributed by atoms with Crippen LogP contribution >= 0.6 is 0 Å². The minimum Gasteiger partial charge on any atom is -0.481 e. The number of aliphatic hydroxyl groups excluding tert-OH is 1. The van der Waals surface area contributed by atoms with Crippen molar-refractivity contribution in [2.75, 3.05) is 0 Å². The molecule has 4 atom stereocenters. The third-order valence-electron chi connectivity index (χ3n) is 5.35. The maximum Gasteiger partial charge on any atom is 0.306 e. The number of hydrogen-bond acceptors (Lipinski definition) is 3. The Labute approximate surface area is 158 Å². The van der Waals surface area contributed by atoms with E-state index in [2.05, 4.69) is 58.9 Å². The van der Waals surface area contributed by atoms with Crippen LogP contribution in [-0.2, 0) is 16.6 Å². The Morgan fingerprint density at radius 2 is 1.62 bits per heavy atom. The third-order valence-corrected chi connectivity index (χ3v) is 5.35. The summed E-state index contributed by atoms with van der Waals surface area (Å²) in [5, 5.41) is 19.3. The van der Waals surface area contributed by atoms with Crippen LogP contribution in [-0.4, -0.2) is 28.3 Å². The average Bonchev–Trinajstić information content (AvgIpc) is 2.53. The van der Waals surface area contributed by atoms with Crippen molar-refractivity contribution in [3.05, 3.63) is 35.4 Å². The Bertz CT molecular complexity index is 560. The number of carboxylic acid groups (broad SMARTS) is 1. The van der Waals surface area contributed by atoms with Gasteiger partial charge in [0.1, 0.15) is 0 Å². The van der Waals surface area contributed by atoms with Gasteiger partial charge in [0.25, 0.3) is 0 Å². The van der Waals surface area contributed by atoms with Gasteiger partial charge in [-0.1, -0.05) is 65.8 Å². The number of nitrogens with two attached hydrogens (primary N) is 1. The highest BCUT2D eigenvalue weighted by atomic mass is 16.4. The van der Waals surface area contributed by atoms with E-state index >= 15 is 0 Å². The second kappa shape index (κ2) is 9.52. The van der Waals surface area contributed by atoms with Gasteiger partial charge in [0, 0.05) is 6.04 Å². The van der Waals surface area contributed by atoms with Crippen molar-refractivity contribution in [2.45, 2.75) is 78.4 Å². The van der Waals surface area contributed by atoms with Crippen molar-refractivity contribution < 1.29 is 15.0 Å². The summed E-state index contributed by atoms with van der Waals surface area (Å²) < 4.78 is 0. The van der Waals surface area contributed by atoms with Crippen molar-refractivity contribution >= 4 is 5.97 Å². The molecule has 0 radical (unpaired) electrons. The highest BCUT2D eigenvalue weighted by Gasteiger charge is 2.25. The molecule has 4 N–H and O–H groups in total. The Hall–Kier alpha value is -1.39. The maximum absolute atomic E-state index is 11.0. The number of rotatable bonds is 9. The highest BCUT2D eigenvalue weighted by molar-refractivity contribution is 5.69. The first-order valence-electron chi connectivity index (χ1n) is 9.67. The molecule has 0 aliphatic heterocycles. The van der Waals surface area contributed by atoms with E-state index in [1.165, 1.54) is 11.1 Å². The van der Waals surface area contributed by atoms with Crippen LogP contribution in [0.4, 0.5) is 0 Å². The average molecular weight is 364 g/mol. The predicted octanol–water partition coefficient (Wildman–Crippen LogP) is 3.99. The Morgan fingerprint density at radius 1 is 1.08 bits per heavy atom. The van der Waals surface area contributed by atoms with E-state index in [0.717, 1.165) is 6.42 Å². The fourth-order valence-electron chi connectivity index (χ4n) is 3.18. The largest absolute Gasteiger partial charge is 0.481 e. The zero-order valence-corrected chi connectivity index (χ0v) is 17.2. The van der Waals surface area contributed by atoms with Crippen molar-refractivity contribution in [1.82, 2.24) is 0 Å². The maximum atomic E-state index is 11.0. The molecule has 0 aliphatic rings. The second-order valence-corrected chi connectivity index (χ2v) is 9.10. The molecule has 0 aliphatic carbocycles. The zero-order valence-electron chi connectivity index (χ0n) is 17.2. The molecule has 0 heterocycles. The van der Waals surface area contributed by atoms with E-state index in [4.69, 9.17) is 10.8 Å². The molecule has 0 amide bonds. The molecule has 4 heteroatoms. The molecule has 1 aromatic carbocycles. The van der Waals surface area contributed by atoms with Gasteiger partial charge in [-0.05, 0) is 47.6 Å². The fourth-order valence-corrected chi connectivity index (χ4v) is 3.18. The molecule has 0 fully saturated rings. The predicted molar refractivity (Wildman–Crippen MR) is 107 cm³/mol. The van der Waals surface area contributed by atoms with Crippen LogP contribution in [0.5, 0.6) is 0 Å². The number of aliphatic hydroxyl groups is 1. The number of benzene rings is 1. The first kappa shape index (κ1) is 22.7. The lowest BCUT2D eigenvalue weighted by Gasteiger charge is -2.28. The molecular weight excluding hydrogens is 326 g/mol. The third kappa shape index (κ3) is 7.08. The Balaban J connectivity index is 2.73. The topological polar surface area (TPSA) is 83.5 Å². The van der Waals surface area contributed by atoms with Crippen LogP contribution in [0, 0.1) is 17.8 Å². The minimum atomic E-state index is -0.893. The van der Waals surface area contributed by atoms with Gasteiger partial charge in [0.2, 0.25) is 0 Å². The molecular formula is C22H37NO3. The van der Waals surface area contributed by atoms with Crippen molar-refractivity contribution in [3.8, 4) is 0 Å². The molecule has 0 saturated heterocycles. The minimum absolute atomic E-state index is 0.142. The second-order valence-electron chi connectivity index (χ2n) is 9.10. The first-order chi connectivity index (χ1) is 11.9. The normalized spacial score (nSPS) is 17.0. The van der Waals surface area contributed by atoms with Gasteiger partial charge in [-0.2, -0.15) is 0 Å². The van der Waals surface area contributed by atoms with Gasteiger partial charge < -0.3 is 15.9 Å². The lowest BCUT2D eigenvalue weighted by atomic mass is 9.81. The molecule has 26 heavy (non-hydrogen) atoms. The summed E-state index contributed by atoms with van der Waals surface area (Å²) >= 11 is 0. The summed E-state index contributed by atoms with van der Waals surface area (Å²) in [4.78, 5) is 11.0. The molecule has 1 unspecified atom stereocenters. The number of carbonyl (C=O) groups is 1. The molecule has 1 rings (SSSR count). The molecule has 1 aromatic rings. The van der Waals surface area contributed by atoms with Gasteiger partial charge in [0.15, 0.2) is 0 Å². The van der Waals surface area contributed by atoms with Crippen molar-refractivity contribution in [1.29, 1.82) is 0 Å². The lowest BCUT2D eigenvalue weighted by Crippen LogP contribution is -2.39. The molecule has 148 valence electrons.